The van der Waals surface area contributed by atoms with Crippen molar-refractivity contribution in [2.24, 2.45) is 11.8 Å². The van der Waals surface area contributed by atoms with Crippen LogP contribution in [0.25, 0.3) is 0 Å². The molecule has 0 saturated carbocycles. The Kier molecular flexibility index (Phi) is 6.93. The quantitative estimate of drug-likeness (QED) is 0.639. The highest BCUT2D eigenvalue weighted by Crippen LogP contribution is 2.14. The summed E-state index contributed by atoms with van der Waals surface area (Å²) in [5.74, 6) is -2.36. The molecule has 2 unspecified atom stereocenters. The maximum atomic E-state index is 11.3. The van der Waals surface area contributed by atoms with Crippen LogP contribution in [0.4, 0.5) is 0 Å². The highest BCUT2D eigenvalue weighted by atomic mass is 16.5. The average Bonchev–Trinajstić information content (AvgIpc) is 2.26. The molecule has 0 radical (unpaired) electrons. The van der Waals surface area contributed by atoms with Crippen molar-refractivity contribution in [3.63, 3.8) is 0 Å². The molecule has 0 spiro atoms. The third-order valence-electron chi connectivity index (χ3n) is 2.01. The van der Waals surface area contributed by atoms with Gasteiger partial charge in [0.25, 0.3) is 0 Å². The van der Waals surface area contributed by atoms with Gasteiger partial charge in [0, 0.05) is 0 Å². The summed E-state index contributed by atoms with van der Waals surface area (Å²) in [4.78, 5) is 22.6. The minimum atomic E-state index is -0.903. The monoisotopic (exact) mass is 227 g/mol. The van der Waals surface area contributed by atoms with Crippen LogP contribution >= 0.6 is 0 Å². The summed E-state index contributed by atoms with van der Waals surface area (Å²) in [5, 5.41) is 8.78. The van der Waals surface area contributed by atoms with E-state index in [0.29, 0.717) is 6.61 Å². The molecule has 0 aromatic heterocycles. The van der Waals surface area contributed by atoms with Gasteiger partial charge in [-0.25, -0.2) is 0 Å². The number of ether oxygens (including phenoxy) is 2. The van der Waals surface area contributed by atoms with Crippen LogP contribution in [0.15, 0.2) is 0 Å². The van der Waals surface area contributed by atoms with Gasteiger partial charge in [0.2, 0.25) is 0 Å². The topological polar surface area (TPSA) is 76.4 Å². The highest BCUT2D eigenvalue weighted by molar-refractivity contribution is 5.77. The van der Waals surface area contributed by atoms with Crippen molar-refractivity contribution >= 4 is 11.9 Å². The van der Waals surface area contributed by atoms with Crippen LogP contribution in [-0.2, 0) is 19.1 Å². The van der Waals surface area contributed by atoms with Crippen LogP contribution < -0.4 is 0 Å². The highest BCUT2D eigenvalue weighted by Gasteiger charge is 2.25. The zero-order valence-electron chi connectivity index (χ0n) is 9.86. The zero-order chi connectivity index (χ0) is 12.6. The maximum Gasteiger partial charge on any atom is 0.323 e. The van der Waals surface area contributed by atoms with Crippen LogP contribution in [0.3, 0.4) is 0 Å². The van der Waals surface area contributed by atoms with Gasteiger partial charge in [-0.15, -0.1) is 0 Å². The van der Waals surface area contributed by atoms with Crippen LogP contribution in [0.2, 0.25) is 0 Å². The Balaban J connectivity index is 4.27. The van der Waals surface area contributed by atoms with Gasteiger partial charge in [0.05, 0.1) is 25.2 Å². The summed E-state index contributed by atoms with van der Waals surface area (Å²) < 4.78 is 9.51. The summed E-state index contributed by atoms with van der Waals surface area (Å²) >= 11 is 0. The Labute approximate surface area is 95.3 Å². The lowest BCUT2D eigenvalue weighted by atomic mass is 9.97. The first-order valence-electron chi connectivity index (χ1n) is 5.29. The van der Waals surface area contributed by atoms with Gasteiger partial charge in [-0.3, -0.25) is 9.59 Å². The van der Waals surface area contributed by atoms with Crippen LogP contribution in [-0.4, -0.2) is 25.2 Å². The molecule has 0 N–H and O–H groups in total. The molecule has 90 valence electrons. The van der Waals surface area contributed by atoms with E-state index in [9.17, 15) is 9.59 Å². The molecule has 0 rings (SSSR count). The van der Waals surface area contributed by atoms with Gasteiger partial charge >= 0.3 is 11.9 Å². The van der Waals surface area contributed by atoms with E-state index in [2.05, 4.69) is 0 Å². The predicted octanol–water partition coefficient (Wildman–Crippen LogP) is 1.28. The maximum absolute atomic E-state index is 11.3. The van der Waals surface area contributed by atoms with Crippen molar-refractivity contribution in [2.45, 2.75) is 27.2 Å². The SMILES string of the molecule is CCOC(=O)C(C)CC(C#N)C(=O)OCC. The summed E-state index contributed by atoms with van der Waals surface area (Å²) in [7, 11) is 0. The Hall–Kier alpha value is -1.57. The fourth-order valence-electron chi connectivity index (χ4n) is 1.18. The van der Waals surface area contributed by atoms with Gasteiger partial charge in [0.15, 0.2) is 0 Å². The van der Waals surface area contributed by atoms with Crippen molar-refractivity contribution in [3.05, 3.63) is 0 Å². The number of hydrogen-bond donors (Lipinski definition) is 0. The molecule has 0 bridgehead atoms. The molecular weight excluding hydrogens is 210 g/mol. The molecule has 0 fully saturated rings. The van der Waals surface area contributed by atoms with E-state index in [4.69, 9.17) is 14.7 Å². The van der Waals surface area contributed by atoms with Crippen molar-refractivity contribution < 1.29 is 19.1 Å². The first-order chi connectivity index (χ1) is 7.56. The van der Waals surface area contributed by atoms with Gasteiger partial charge in [-0.1, -0.05) is 6.92 Å². The summed E-state index contributed by atoms with van der Waals surface area (Å²) in [6, 6.07) is 1.83. The average molecular weight is 227 g/mol. The third-order valence-corrected chi connectivity index (χ3v) is 2.01. The molecule has 0 aromatic carbocycles. The molecule has 0 aromatic rings. The molecule has 0 aliphatic heterocycles. The number of esters is 2. The van der Waals surface area contributed by atoms with Crippen LogP contribution in [0.1, 0.15) is 27.2 Å². The zero-order valence-corrected chi connectivity index (χ0v) is 9.86. The smallest absolute Gasteiger partial charge is 0.323 e. The van der Waals surface area contributed by atoms with E-state index < -0.39 is 23.8 Å². The molecule has 16 heavy (non-hydrogen) atoms. The lowest BCUT2D eigenvalue weighted by Gasteiger charge is -2.13. The Morgan fingerprint density at radius 3 is 2.12 bits per heavy atom. The first kappa shape index (κ1) is 14.4. The van der Waals surface area contributed by atoms with E-state index in [1.807, 2.05) is 6.07 Å². The molecule has 2 atom stereocenters. The number of carbonyl (C=O) groups excluding carboxylic acids is 2. The van der Waals surface area contributed by atoms with E-state index in [-0.39, 0.29) is 13.0 Å². The molecule has 5 nitrogen and oxygen atoms in total. The van der Waals surface area contributed by atoms with Gasteiger partial charge < -0.3 is 9.47 Å². The second-order valence-corrected chi connectivity index (χ2v) is 3.32. The fourth-order valence-corrected chi connectivity index (χ4v) is 1.18. The Morgan fingerprint density at radius 2 is 1.69 bits per heavy atom. The Morgan fingerprint density at radius 1 is 1.19 bits per heavy atom. The molecule has 0 heterocycles. The predicted molar refractivity (Wildman–Crippen MR) is 56.2 cm³/mol. The minimum absolute atomic E-state index is 0.133. The molecule has 0 aliphatic carbocycles. The van der Waals surface area contributed by atoms with Crippen molar-refractivity contribution in [1.29, 1.82) is 5.26 Å². The largest absolute Gasteiger partial charge is 0.466 e. The number of nitrogens with zero attached hydrogens (tertiary/aromatic N) is 1. The lowest BCUT2D eigenvalue weighted by Crippen LogP contribution is -2.23. The lowest BCUT2D eigenvalue weighted by molar-refractivity contribution is -0.150. The summed E-state index contributed by atoms with van der Waals surface area (Å²) in [6.45, 7) is 5.52. The number of rotatable bonds is 6. The molecule has 5 heteroatoms. The molecule has 0 aliphatic rings. The van der Waals surface area contributed by atoms with Gasteiger partial charge in [-0.05, 0) is 20.3 Å². The van der Waals surface area contributed by atoms with Crippen molar-refractivity contribution in [1.82, 2.24) is 0 Å². The van der Waals surface area contributed by atoms with Gasteiger partial charge in [0.1, 0.15) is 5.92 Å². The van der Waals surface area contributed by atoms with E-state index in [0.717, 1.165) is 0 Å². The third kappa shape index (κ3) is 4.78. The van der Waals surface area contributed by atoms with Crippen LogP contribution in [0, 0.1) is 23.2 Å². The first-order valence-corrected chi connectivity index (χ1v) is 5.29. The minimum Gasteiger partial charge on any atom is -0.466 e. The number of carbonyl (C=O) groups is 2. The fraction of sp³-hybridized carbons (Fsp3) is 0.727. The molecule has 0 saturated heterocycles. The van der Waals surface area contributed by atoms with E-state index in [1.165, 1.54) is 0 Å². The Bertz CT molecular complexity index is 282. The van der Waals surface area contributed by atoms with Crippen LogP contribution in [0.5, 0.6) is 0 Å². The van der Waals surface area contributed by atoms with E-state index in [1.54, 1.807) is 20.8 Å². The number of nitriles is 1. The molecular formula is C11H17NO4. The summed E-state index contributed by atoms with van der Waals surface area (Å²) in [5.41, 5.74) is 0. The van der Waals surface area contributed by atoms with Gasteiger partial charge in [-0.2, -0.15) is 5.26 Å². The second-order valence-electron chi connectivity index (χ2n) is 3.32. The van der Waals surface area contributed by atoms with E-state index >= 15 is 0 Å². The number of hydrogen-bond acceptors (Lipinski definition) is 5. The normalized spacial score (nSPS) is 13.4. The second kappa shape index (κ2) is 7.69. The molecule has 0 amide bonds. The van der Waals surface area contributed by atoms with Crippen molar-refractivity contribution in [2.75, 3.05) is 13.2 Å². The van der Waals surface area contributed by atoms with Crippen molar-refractivity contribution in [3.8, 4) is 6.07 Å². The summed E-state index contributed by atoms with van der Waals surface area (Å²) in [6.07, 6.45) is 0.133. The standard InChI is InChI=1S/C11H17NO4/c1-4-15-10(13)8(3)6-9(7-12)11(14)16-5-2/h8-9H,4-6H2,1-3H3.